The van der Waals surface area contributed by atoms with Crippen LogP contribution in [0.3, 0.4) is 0 Å². The van der Waals surface area contributed by atoms with Crippen LogP contribution in [-0.2, 0) is 6.61 Å². The molecule has 2 rings (SSSR count). The van der Waals surface area contributed by atoms with E-state index in [0.29, 0.717) is 15.4 Å². The minimum atomic E-state index is -0.548. The summed E-state index contributed by atoms with van der Waals surface area (Å²) in [7, 11) is 0. The van der Waals surface area contributed by atoms with Gasteiger partial charge in [-0.2, -0.15) is 0 Å². The first-order valence-electron chi connectivity index (χ1n) is 4.18. The molecule has 0 fully saturated rings. The van der Waals surface area contributed by atoms with E-state index in [1.165, 1.54) is 12.1 Å². The molecule has 0 saturated carbocycles. The summed E-state index contributed by atoms with van der Waals surface area (Å²) < 4.78 is 5.38. The van der Waals surface area contributed by atoms with Gasteiger partial charge in [0, 0.05) is 17.5 Å². The van der Waals surface area contributed by atoms with Crippen LogP contribution in [-0.4, -0.2) is 10.2 Å². The molecule has 0 spiro atoms. The van der Waals surface area contributed by atoms with E-state index in [-0.39, 0.29) is 17.9 Å². The molecule has 4 nitrogen and oxygen atoms in total. The van der Waals surface area contributed by atoms with Crippen LogP contribution in [0.15, 0.2) is 31.9 Å². The Bertz CT molecular complexity index is 573. The highest BCUT2D eigenvalue weighted by Gasteiger charge is 2.08. The third-order valence-electron chi connectivity index (χ3n) is 2.07. The third-order valence-corrected chi connectivity index (χ3v) is 2.70. The minimum Gasteiger partial charge on any atom is -0.507 e. The molecule has 0 unspecified atom stereocenters. The Balaban J connectivity index is 2.90. The number of aliphatic hydroxyl groups is 1. The van der Waals surface area contributed by atoms with Crippen molar-refractivity contribution in [2.45, 2.75) is 6.61 Å². The Morgan fingerprint density at radius 1 is 1.33 bits per heavy atom. The van der Waals surface area contributed by atoms with Crippen LogP contribution in [0.1, 0.15) is 5.56 Å². The number of halogens is 1. The molecule has 0 aliphatic heterocycles. The summed E-state index contributed by atoms with van der Waals surface area (Å²) in [6.07, 6.45) is 0. The molecule has 0 saturated heterocycles. The van der Waals surface area contributed by atoms with Crippen LogP contribution < -0.4 is 5.63 Å². The van der Waals surface area contributed by atoms with Gasteiger partial charge in [0.05, 0.1) is 11.1 Å². The zero-order valence-electron chi connectivity index (χ0n) is 7.53. The van der Waals surface area contributed by atoms with Crippen molar-refractivity contribution in [3.8, 4) is 5.75 Å². The van der Waals surface area contributed by atoms with Crippen molar-refractivity contribution in [3.63, 3.8) is 0 Å². The Kier molecular flexibility index (Phi) is 2.50. The molecule has 2 N–H and O–H groups in total. The first kappa shape index (κ1) is 10.2. The largest absolute Gasteiger partial charge is 0.507 e. The summed E-state index contributed by atoms with van der Waals surface area (Å²) in [5.41, 5.74) is 0.183. The number of aliphatic hydroxyl groups excluding tert-OH is 1. The first-order chi connectivity index (χ1) is 7.11. The molecule has 0 bridgehead atoms. The van der Waals surface area contributed by atoms with Crippen molar-refractivity contribution in [3.05, 3.63) is 38.7 Å². The molecule has 1 aromatic carbocycles. The van der Waals surface area contributed by atoms with E-state index in [0.717, 1.165) is 0 Å². The van der Waals surface area contributed by atoms with Gasteiger partial charge in [0.25, 0.3) is 0 Å². The van der Waals surface area contributed by atoms with Crippen molar-refractivity contribution in [2.24, 2.45) is 0 Å². The number of hydrogen-bond acceptors (Lipinski definition) is 4. The van der Waals surface area contributed by atoms with E-state index in [1.807, 2.05) is 0 Å². The third kappa shape index (κ3) is 1.75. The predicted molar refractivity (Wildman–Crippen MR) is 57.8 cm³/mol. The smallest absolute Gasteiger partial charge is 0.336 e. The molecule has 0 aliphatic carbocycles. The second-order valence-corrected chi connectivity index (χ2v) is 3.90. The monoisotopic (exact) mass is 270 g/mol. The lowest BCUT2D eigenvalue weighted by Gasteiger charge is -2.03. The molecule has 2 aromatic rings. The van der Waals surface area contributed by atoms with Gasteiger partial charge in [-0.1, -0.05) is 0 Å². The highest BCUT2D eigenvalue weighted by Crippen LogP contribution is 2.30. The van der Waals surface area contributed by atoms with Crippen LogP contribution in [0.25, 0.3) is 11.0 Å². The lowest BCUT2D eigenvalue weighted by Crippen LogP contribution is -2.00. The summed E-state index contributed by atoms with van der Waals surface area (Å²) in [5.74, 6) is -0.0132. The van der Waals surface area contributed by atoms with E-state index < -0.39 is 5.63 Å². The van der Waals surface area contributed by atoms with Crippen LogP contribution in [0.5, 0.6) is 5.75 Å². The normalized spacial score (nSPS) is 10.8. The fourth-order valence-corrected chi connectivity index (χ4v) is 1.71. The van der Waals surface area contributed by atoms with Gasteiger partial charge >= 0.3 is 5.63 Å². The molecule has 15 heavy (non-hydrogen) atoms. The maximum atomic E-state index is 11.1. The van der Waals surface area contributed by atoms with Gasteiger partial charge in [-0.15, -0.1) is 0 Å². The molecule has 0 aliphatic rings. The lowest BCUT2D eigenvalue weighted by molar-refractivity contribution is 0.282. The van der Waals surface area contributed by atoms with Crippen molar-refractivity contribution in [1.82, 2.24) is 0 Å². The number of phenols is 1. The molecular formula is C10H7BrO4. The average molecular weight is 271 g/mol. The van der Waals surface area contributed by atoms with Crippen molar-refractivity contribution in [2.75, 3.05) is 0 Å². The summed E-state index contributed by atoms with van der Waals surface area (Å²) in [6, 6.07) is 4.16. The van der Waals surface area contributed by atoms with Crippen LogP contribution in [0.2, 0.25) is 0 Å². The van der Waals surface area contributed by atoms with Crippen molar-refractivity contribution >= 4 is 26.9 Å². The maximum Gasteiger partial charge on any atom is 0.336 e. The Morgan fingerprint density at radius 2 is 2.07 bits per heavy atom. The number of hydrogen-bond donors (Lipinski definition) is 2. The average Bonchev–Trinajstić information content (AvgIpc) is 2.19. The topological polar surface area (TPSA) is 70.7 Å². The second-order valence-electron chi connectivity index (χ2n) is 3.05. The molecule has 0 radical (unpaired) electrons. The molecule has 1 heterocycles. The van der Waals surface area contributed by atoms with E-state index in [2.05, 4.69) is 15.9 Å². The van der Waals surface area contributed by atoms with Gasteiger partial charge in [0.1, 0.15) is 11.3 Å². The number of rotatable bonds is 1. The van der Waals surface area contributed by atoms with Gasteiger partial charge in [-0.3, -0.25) is 0 Å². The Morgan fingerprint density at radius 3 is 2.73 bits per heavy atom. The number of fused-ring (bicyclic) bond motifs is 1. The van der Waals surface area contributed by atoms with Crippen LogP contribution in [0.4, 0.5) is 0 Å². The molecule has 0 atom stereocenters. The summed E-state index contributed by atoms with van der Waals surface area (Å²) >= 11 is 3.15. The van der Waals surface area contributed by atoms with Gasteiger partial charge < -0.3 is 14.6 Å². The second kappa shape index (κ2) is 3.67. The highest BCUT2D eigenvalue weighted by atomic mass is 79.9. The van der Waals surface area contributed by atoms with Gasteiger partial charge in [-0.25, -0.2) is 4.79 Å². The van der Waals surface area contributed by atoms with Crippen LogP contribution in [0, 0.1) is 0 Å². The predicted octanol–water partition coefficient (Wildman–Crippen LogP) is 1.75. The van der Waals surface area contributed by atoms with E-state index in [1.54, 1.807) is 6.07 Å². The van der Waals surface area contributed by atoms with E-state index >= 15 is 0 Å². The Labute approximate surface area is 92.9 Å². The summed E-state index contributed by atoms with van der Waals surface area (Å²) in [4.78, 5) is 11.1. The summed E-state index contributed by atoms with van der Waals surface area (Å²) in [6.45, 7) is -0.251. The Hall–Kier alpha value is -1.33. The fraction of sp³-hybridized carbons (Fsp3) is 0.100. The zero-order chi connectivity index (χ0) is 11.0. The molecular weight excluding hydrogens is 264 g/mol. The molecule has 1 aromatic heterocycles. The quantitative estimate of drug-likeness (QED) is 0.775. The van der Waals surface area contributed by atoms with Crippen molar-refractivity contribution in [1.29, 1.82) is 0 Å². The molecule has 0 amide bonds. The SMILES string of the molecule is O=c1cc(CO)c2cc(Br)c(O)cc2o1. The van der Waals surface area contributed by atoms with Gasteiger partial charge in [0.15, 0.2) is 0 Å². The zero-order valence-corrected chi connectivity index (χ0v) is 9.11. The standard InChI is InChI=1S/C10H7BrO4/c11-7-2-6-5(4-12)1-10(14)15-9(6)3-8(7)13/h1-3,12-13H,4H2. The summed E-state index contributed by atoms with van der Waals surface area (Å²) in [5, 5.41) is 19.1. The van der Waals surface area contributed by atoms with E-state index in [4.69, 9.17) is 9.52 Å². The van der Waals surface area contributed by atoms with Gasteiger partial charge in [0.2, 0.25) is 0 Å². The van der Waals surface area contributed by atoms with E-state index in [9.17, 15) is 9.90 Å². The van der Waals surface area contributed by atoms with Crippen LogP contribution >= 0.6 is 15.9 Å². The first-order valence-corrected chi connectivity index (χ1v) is 4.97. The maximum absolute atomic E-state index is 11.1. The number of aromatic hydroxyl groups is 1. The minimum absolute atomic E-state index is 0.0132. The molecule has 78 valence electrons. The number of benzene rings is 1. The van der Waals surface area contributed by atoms with Crippen molar-refractivity contribution < 1.29 is 14.6 Å². The fourth-order valence-electron chi connectivity index (χ4n) is 1.37. The molecule has 5 heteroatoms. The van der Waals surface area contributed by atoms with Gasteiger partial charge in [-0.05, 0) is 27.6 Å². The lowest BCUT2D eigenvalue weighted by atomic mass is 10.1. The number of phenolic OH excluding ortho intramolecular Hbond substituents is 1. The highest BCUT2D eigenvalue weighted by molar-refractivity contribution is 9.10.